The van der Waals surface area contributed by atoms with Gasteiger partial charge in [0.05, 0.1) is 12.7 Å². The fourth-order valence-corrected chi connectivity index (χ4v) is 2.95. The van der Waals surface area contributed by atoms with E-state index in [-0.39, 0.29) is 18.5 Å². The predicted molar refractivity (Wildman–Crippen MR) is 95.5 cm³/mol. The first-order chi connectivity index (χ1) is 12.0. The fourth-order valence-electron chi connectivity index (χ4n) is 2.84. The van der Waals surface area contributed by atoms with Crippen LogP contribution in [0.5, 0.6) is 5.75 Å². The number of hydrogen-bond acceptors (Lipinski definition) is 4. The molecule has 0 aliphatic carbocycles. The first-order valence-corrected chi connectivity index (χ1v) is 8.28. The fraction of sp³-hybridized carbons (Fsp3) is 0.263. The van der Waals surface area contributed by atoms with Crippen molar-refractivity contribution >= 4 is 29.2 Å². The number of methoxy groups -OCH3 is 1. The van der Waals surface area contributed by atoms with E-state index < -0.39 is 0 Å². The van der Waals surface area contributed by atoms with Crippen molar-refractivity contribution in [2.75, 3.05) is 25.2 Å². The van der Waals surface area contributed by atoms with E-state index in [0.29, 0.717) is 29.3 Å². The number of ether oxygens (including phenoxy) is 2. The van der Waals surface area contributed by atoms with Gasteiger partial charge in [-0.1, -0.05) is 11.6 Å². The third-order valence-electron chi connectivity index (χ3n) is 4.19. The van der Waals surface area contributed by atoms with Crippen molar-refractivity contribution in [2.45, 2.75) is 13.3 Å². The second-order valence-corrected chi connectivity index (χ2v) is 6.24. The summed E-state index contributed by atoms with van der Waals surface area (Å²) in [6.07, 6.45) is 0.700. The third-order valence-corrected chi connectivity index (χ3v) is 4.61. The van der Waals surface area contributed by atoms with Crippen LogP contribution in [0.1, 0.15) is 21.5 Å². The van der Waals surface area contributed by atoms with Crippen molar-refractivity contribution < 1.29 is 19.1 Å². The van der Waals surface area contributed by atoms with E-state index >= 15 is 0 Å². The zero-order valence-corrected chi connectivity index (χ0v) is 14.8. The Morgan fingerprint density at radius 1 is 1.20 bits per heavy atom. The maximum absolute atomic E-state index is 12.5. The third kappa shape index (κ3) is 3.61. The van der Waals surface area contributed by atoms with Crippen LogP contribution in [0.3, 0.4) is 0 Å². The Morgan fingerprint density at radius 3 is 2.72 bits per heavy atom. The summed E-state index contributed by atoms with van der Waals surface area (Å²) in [5.41, 5.74) is 3.16. The topological polar surface area (TPSA) is 55.8 Å². The second-order valence-electron chi connectivity index (χ2n) is 5.83. The molecule has 0 radical (unpaired) electrons. The van der Waals surface area contributed by atoms with Crippen molar-refractivity contribution in [3.8, 4) is 5.75 Å². The van der Waals surface area contributed by atoms with E-state index in [1.165, 1.54) is 7.11 Å². The molecule has 1 aliphatic heterocycles. The van der Waals surface area contributed by atoms with Crippen LogP contribution in [0.4, 0.5) is 5.69 Å². The van der Waals surface area contributed by atoms with Gasteiger partial charge < -0.3 is 14.4 Å². The van der Waals surface area contributed by atoms with Crippen LogP contribution < -0.4 is 9.64 Å². The van der Waals surface area contributed by atoms with Crippen molar-refractivity contribution in [3.63, 3.8) is 0 Å². The van der Waals surface area contributed by atoms with Gasteiger partial charge in [-0.15, -0.1) is 0 Å². The summed E-state index contributed by atoms with van der Waals surface area (Å²) < 4.78 is 10.3. The molecule has 2 aromatic carbocycles. The Kier molecular flexibility index (Phi) is 4.95. The number of hydrogen-bond donors (Lipinski definition) is 0. The van der Waals surface area contributed by atoms with Gasteiger partial charge in [-0.25, -0.2) is 4.79 Å². The summed E-state index contributed by atoms with van der Waals surface area (Å²) in [6.45, 7) is 2.40. The lowest BCUT2D eigenvalue weighted by Gasteiger charge is -2.18. The molecule has 0 bridgehead atoms. The molecule has 0 spiro atoms. The van der Waals surface area contributed by atoms with Gasteiger partial charge in [-0.2, -0.15) is 0 Å². The highest BCUT2D eigenvalue weighted by atomic mass is 35.5. The highest BCUT2D eigenvalue weighted by Gasteiger charge is 2.26. The van der Waals surface area contributed by atoms with Crippen LogP contribution in [0, 0.1) is 6.92 Å². The van der Waals surface area contributed by atoms with E-state index in [1.54, 1.807) is 41.3 Å². The molecule has 5 nitrogen and oxygen atoms in total. The molecule has 0 N–H and O–H groups in total. The molecular formula is C19H18ClNO4. The summed E-state index contributed by atoms with van der Waals surface area (Å²) in [4.78, 5) is 25.8. The van der Waals surface area contributed by atoms with Gasteiger partial charge in [0, 0.05) is 17.3 Å². The Balaban J connectivity index is 1.68. The van der Waals surface area contributed by atoms with Crippen LogP contribution in [-0.4, -0.2) is 32.1 Å². The molecule has 0 atom stereocenters. The quantitative estimate of drug-likeness (QED) is 0.785. The van der Waals surface area contributed by atoms with E-state index in [1.807, 2.05) is 6.92 Å². The van der Waals surface area contributed by atoms with Gasteiger partial charge in [-0.3, -0.25) is 4.79 Å². The normalized spacial score (nSPS) is 12.7. The predicted octanol–water partition coefficient (Wildman–Crippen LogP) is 3.40. The maximum Gasteiger partial charge on any atom is 0.337 e. The zero-order valence-electron chi connectivity index (χ0n) is 14.0. The number of fused-ring (bicyclic) bond motifs is 1. The largest absolute Gasteiger partial charge is 0.484 e. The van der Waals surface area contributed by atoms with E-state index in [4.69, 9.17) is 21.1 Å². The molecule has 25 heavy (non-hydrogen) atoms. The lowest BCUT2D eigenvalue weighted by molar-refractivity contribution is -0.120. The number of esters is 1. The number of benzene rings is 2. The minimum absolute atomic E-state index is 0.0563. The molecule has 3 rings (SSSR count). The number of halogens is 1. The van der Waals surface area contributed by atoms with Crippen LogP contribution in [0.25, 0.3) is 0 Å². The summed E-state index contributed by atoms with van der Waals surface area (Å²) in [7, 11) is 1.35. The molecule has 0 saturated carbocycles. The van der Waals surface area contributed by atoms with Crippen molar-refractivity contribution in [3.05, 3.63) is 58.1 Å². The highest BCUT2D eigenvalue weighted by Crippen LogP contribution is 2.29. The Bertz CT molecular complexity index is 834. The number of carbonyl (C=O) groups excluding carboxylic acids is 2. The molecule has 6 heteroatoms. The van der Waals surface area contributed by atoms with Gasteiger partial charge >= 0.3 is 5.97 Å². The number of aryl methyl sites for hydroxylation is 1. The summed E-state index contributed by atoms with van der Waals surface area (Å²) in [6, 6.07) is 10.5. The van der Waals surface area contributed by atoms with E-state index in [9.17, 15) is 9.59 Å². The molecule has 130 valence electrons. The van der Waals surface area contributed by atoms with Crippen LogP contribution >= 0.6 is 11.6 Å². The van der Waals surface area contributed by atoms with Gasteiger partial charge in [0.1, 0.15) is 5.75 Å². The Morgan fingerprint density at radius 2 is 2.00 bits per heavy atom. The van der Waals surface area contributed by atoms with Gasteiger partial charge in [0.2, 0.25) is 0 Å². The van der Waals surface area contributed by atoms with Crippen LogP contribution in [-0.2, 0) is 16.0 Å². The van der Waals surface area contributed by atoms with Crippen LogP contribution in [0.2, 0.25) is 5.02 Å². The smallest absolute Gasteiger partial charge is 0.337 e. The molecule has 1 aliphatic rings. The van der Waals surface area contributed by atoms with Crippen molar-refractivity contribution in [1.29, 1.82) is 0 Å². The SMILES string of the molecule is COC(=O)c1ccc2c(c1)CCN2C(=O)COc1ccc(Cl)c(C)c1. The van der Waals surface area contributed by atoms with E-state index in [0.717, 1.165) is 16.8 Å². The Labute approximate surface area is 151 Å². The Hall–Kier alpha value is -2.53. The zero-order chi connectivity index (χ0) is 18.0. The lowest BCUT2D eigenvalue weighted by atomic mass is 10.1. The second kappa shape index (κ2) is 7.15. The molecule has 2 aromatic rings. The van der Waals surface area contributed by atoms with Crippen molar-refractivity contribution in [1.82, 2.24) is 0 Å². The number of amides is 1. The molecule has 1 amide bonds. The van der Waals surface area contributed by atoms with Gasteiger partial charge in [-0.05, 0) is 60.9 Å². The summed E-state index contributed by atoms with van der Waals surface area (Å²) in [5.74, 6) is 0.0990. The number of carbonyl (C=O) groups is 2. The lowest BCUT2D eigenvalue weighted by Crippen LogP contribution is -2.33. The van der Waals surface area contributed by atoms with Gasteiger partial charge in [0.25, 0.3) is 5.91 Å². The molecular weight excluding hydrogens is 342 g/mol. The average Bonchev–Trinajstić information content (AvgIpc) is 3.05. The summed E-state index contributed by atoms with van der Waals surface area (Å²) in [5, 5.41) is 0.661. The molecule has 1 heterocycles. The summed E-state index contributed by atoms with van der Waals surface area (Å²) >= 11 is 5.99. The van der Waals surface area contributed by atoms with Crippen LogP contribution in [0.15, 0.2) is 36.4 Å². The van der Waals surface area contributed by atoms with Crippen molar-refractivity contribution in [2.24, 2.45) is 0 Å². The molecule has 0 unspecified atom stereocenters. The number of rotatable bonds is 4. The minimum atomic E-state index is -0.381. The van der Waals surface area contributed by atoms with Gasteiger partial charge in [0.15, 0.2) is 6.61 Å². The molecule has 0 aromatic heterocycles. The minimum Gasteiger partial charge on any atom is -0.484 e. The number of nitrogens with zero attached hydrogens (tertiary/aromatic N) is 1. The standard InChI is InChI=1S/C19H18ClNO4/c1-12-9-15(4-5-16(12)20)25-11-18(22)21-8-7-13-10-14(19(23)24-2)3-6-17(13)21/h3-6,9-10H,7-8,11H2,1-2H3. The average molecular weight is 360 g/mol. The number of anilines is 1. The maximum atomic E-state index is 12.5. The molecule has 0 fully saturated rings. The first kappa shape index (κ1) is 17.3. The first-order valence-electron chi connectivity index (χ1n) is 7.90. The monoisotopic (exact) mass is 359 g/mol. The highest BCUT2D eigenvalue weighted by molar-refractivity contribution is 6.31. The van der Waals surface area contributed by atoms with E-state index in [2.05, 4.69) is 0 Å². The molecule has 0 saturated heterocycles.